The monoisotopic (exact) mass is 441 g/mol. The molecular weight excluding hydrogens is 414 g/mol. The summed E-state index contributed by atoms with van der Waals surface area (Å²) in [5.41, 5.74) is 2.95. The molecule has 0 spiro atoms. The van der Waals surface area contributed by atoms with E-state index in [-0.39, 0.29) is 16.8 Å². The van der Waals surface area contributed by atoms with E-state index in [2.05, 4.69) is 10.2 Å². The predicted molar refractivity (Wildman–Crippen MR) is 130 cm³/mol. The van der Waals surface area contributed by atoms with Crippen molar-refractivity contribution in [2.75, 3.05) is 23.3 Å². The number of nitrogens with one attached hydrogen (secondary N) is 1. The van der Waals surface area contributed by atoms with Gasteiger partial charge in [-0.2, -0.15) is 5.26 Å². The zero-order chi connectivity index (χ0) is 23.4. The summed E-state index contributed by atoms with van der Waals surface area (Å²) >= 11 is 0. The zero-order valence-corrected chi connectivity index (χ0v) is 18.9. The maximum Gasteiger partial charge on any atom is 0.295 e. The number of carbonyl (C=O) groups is 1. The summed E-state index contributed by atoms with van der Waals surface area (Å²) in [7, 11) is 1.75. The molecule has 1 aliphatic rings. The van der Waals surface area contributed by atoms with Gasteiger partial charge in [-0.3, -0.25) is 14.3 Å². The van der Waals surface area contributed by atoms with Crippen molar-refractivity contribution in [2.24, 2.45) is 7.05 Å². The van der Waals surface area contributed by atoms with Gasteiger partial charge in [0.15, 0.2) is 0 Å². The molecule has 0 atom stereocenters. The highest BCUT2D eigenvalue weighted by atomic mass is 16.2. The van der Waals surface area contributed by atoms with Gasteiger partial charge in [-0.25, -0.2) is 4.68 Å². The van der Waals surface area contributed by atoms with Crippen molar-refractivity contribution in [3.63, 3.8) is 0 Å². The topological polar surface area (TPSA) is 83.1 Å². The summed E-state index contributed by atoms with van der Waals surface area (Å²) < 4.78 is 3.17. The van der Waals surface area contributed by atoms with Gasteiger partial charge in [0.1, 0.15) is 17.3 Å². The van der Waals surface area contributed by atoms with Gasteiger partial charge < -0.3 is 10.2 Å². The zero-order valence-electron chi connectivity index (χ0n) is 18.9. The SMILES string of the molecule is Cc1c(NC(=O)C(C#N)=Cc2ccc(N3CCCCC3)cc2)c(=O)n(-c2ccccc2)n1C. The molecule has 7 nitrogen and oxygen atoms in total. The van der Waals surface area contributed by atoms with Crippen molar-refractivity contribution >= 4 is 23.4 Å². The lowest BCUT2D eigenvalue weighted by atomic mass is 10.1. The Balaban J connectivity index is 1.56. The van der Waals surface area contributed by atoms with Crippen LogP contribution in [-0.2, 0) is 11.8 Å². The van der Waals surface area contributed by atoms with Crippen LogP contribution in [0.5, 0.6) is 0 Å². The maximum atomic E-state index is 13.0. The Morgan fingerprint density at radius 1 is 1.00 bits per heavy atom. The third-order valence-corrected chi connectivity index (χ3v) is 6.08. The Morgan fingerprint density at radius 3 is 2.30 bits per heavy atom. The molecule has 1 N–H and O–H groups in total. The maximum absolute atomic E-state index is 13.0. The van der Waals surface area contributed by atoms with Crippen molar-refractivity contribution in [3.05, 3.63) is 81.8 Å². The molecule has 1 aliphatic heterocycles. The third kappa shape index (κ3) is 4.60. The van der Waals surface area contributed by atoms with Crippen molar-refractivity contribution in [2.45, 2.75) is 26.2 Å². The lowest BCUT2D eigenvalue weighted by molar-refractivity contribution is -0.112. The van der Waals surface area contributed by atoms with Gasteiger partial charge in [-0.15, -0.1) is 0 Å². The molecule has 0 radical (unpaired) electrons. The summed E-state index contributed by atoms with van der Waals surface area (Å²) in [6.07, 6.45) is 5.22. The highest BCUT2D eigenvalue weighted by Crippen LogP contribution is 2.21. The number of carbonyl (C=O) groups excluding carboxylic acids is 1. The largest absolute Gasteiger partial charge is 0.372 e. The standard InChI is InChI=1S/C26H27N5O2/c1-19-24(26(33)31(29(19)2)23-9-5-3-6-10-23)28-25(32)21(18-27)17-20-11-13-22(14-12-20)30-15-7-4-8-16-30/h3,5-6,9-14,17H,4,7-8,15-16H2,1-2H3,(H,28,32). The molecule has 4 rings (SSSR count). The normalized spacial score (nSPS) is 14.1. The van der Waals surface area contributed by atoms with Crippen molar-refractivity contribution in [1.82, 2.24) is 9.36 Å². The van der Waals surface area contributed by atoms with E-state index in [1.54, 1.807) is 24.7 Å². The highest BCUT2D eigenvalue weighted by Gasteiger charge is 2.20. The number of para-hydroxylation sites is 1. The van der Waals surface area contributed by atoms with E-state index in [0.29, 0.717) is 11.4 Å². The molecule has 1 aromatic heterocycles. The van der Waals surface area contributed by atoms with Gasteiger partial charge in [-0.1, -0.05) is 30.3 Å². The fraction of sp³-hybridized carbons (Fsp3) is 0.269. The van der Waals surface area contributed by atoms with Gasteiger partial charge >= 0.3 is 0 Å². The minimum absolute atomic E-state index is 0.0605. The molecule has 2 aromatic carbocycles. The number of benzene rings is 2. The molecule has 33 heavy (non-hydrogen) atoms. The quantitative estimate of drug-likeness (QED) is 0.479. The first-order valence-corrected chi connectivity index (χ1v) is 11.1. The van der Waals surface area contributed by atoms with E-state index in [0.717, 1.165) is 24.3 Å². The van der Waals surface area contributed by atoms with Crippen molar-refractivity contribution in [3.8, 4) is 11.8 Å². The smallest absolute Gasteiger partial charge is 0.295 e. The lowest BCUT2D eigenvalue weighted by Crippen LogP contribution is -2.29. The van der Waals surface area contributed by atoms with Crippen LogP contribution >= 0.6 is 0 Å². The average molecular weight is 442 g/mol. The summed E-state index contributed by atoms with van der Waals surface area (Å²) in [5.74, 6) is -0.608. The van der Waals surface area contributed by atoms with E-state index < -0.39 is 5.91 Å². The van der Waals surface area contributed by atoms with Gasteiger partial charge in [0.25, 0.3) is 11.5 Å². The Morgan fingerprint density at radius 2 is 1.67 bits per heavy atom. The van der Waals surface area contributed by atoms with Gasteiger partial charge in [0.2, 0.25) is 0 Å². The molecule has 0 aliphatic carbocycles. The van der Waals surface area contributed by atoms with E-state index in [1.807, 2.05) is 60.7 Å². The van der Waals surface area contributed by atoms with Crippen LogP contribution in [0, 0.1) is 18.3 Å². The molecule has 0 bridgehead atoms. The molecule has 3 aromatic rings. The third-order valence-electron chi connectivity index (χ3n) is 6.08. The van der Waals surface area contributed by atoms with Crippen molar-refractivity contribution in [1.29, 1.82) is 5.26 Å². The second-order valence-corrected chi connectivity index (χ2v) is 8.20. The number of nitrogens with zero attached hydrogens (tertiary/aromatic N) is 4. The summed E-state index contributed by atoms with van der Waals surface area (Å²) in [5, 5.41) is 12.2. The first-order chi connectivity index (χ1) is 16.0. The van der Waals surface area contributed by atoms with Crippen LogP contribution in [0.25, 0.3) is 11.8 Å². The fourth-order valence-electron chi connectivity index (χ4n) is 4.14. The van der Waals surface area contributed by atoms with Crippen LogP contribution in [0.2, 0.25) is 0 Å². The van der Waals surface area contributed by atoms with E-state index in [4.69, 9.17) is 0 Å². The number of aromatic nitrogens is 2. The minimum Gasteiger partial charge on any atom is -0.372 e. The van der Waals surface area contributed by atoms with Crippen molar-refractivity contribution < 1.29 is 4.79 Å². The molecule has 7 heteroatoms. The Kier molecular flexibility index (Phi) is 6.45. The summed E-state index contributed by atoms with van der Waals surface area (Å²) in [6, 6.07) is 19.0. The molecule has 0 saturated carbocycles. The van der Waals surface area contributed by atoms with E-state index in [1.165, 1.54) is 23.9 Å². The van der Waals surface area contributed by atoms with Crippen LogP contribution in [0.1, 0.15) is 30.5 Å². The molecule has 2 heterocycles. The molecule has 0 unspecified atom stereocenters. The predicted octanol–water partition coefficient (Wildman–Crippen LogP) is 4.02. The first kappa shape index (κ1) is 22.2. The number of hydrogen-bond acceptors (Lipinski definition) is 4. The van der Waals surface area contributed by atoms with Crippen LogP contribution in [0.15, 0.2) is 65.0 Å². The second-order valence-electron chi connectivity index (χ2n) is 8.20. The second kappa shape index (κ2) is 9.61. The molecule has 1 saturated heterocycles. The van der Waals surface area contributed by atoms with E-state index >= 15 is 0 Å². The number of amides is 1. The van der Waals surface area contributed by atoms with Crippen LogP contribution in [-0.4, -0.2) is 28.4 Å². The number of hydrogen-bond donors (Lipinski definition) is 1. The number of nitriles is 1. The lowest BCUT2D eigenvalue weighted by Gasteiger charge is -2.28. The van der Waals surface area contributed by atoms with Crippen LogP contribution < -0.4 is 15.8 Å². The Labute approximate surface area is 193 Å². The average Bonchev–Trinajstić information content (AvgIpc) is 3.06. The summed E-state index contributed by atoms with van der Waals surface area (Å²) in [6.45, 7) is 3.86. The molecule has 1 amide bonds. The number of anilines is 2. The number of rotatable bonds is 5. The fourth-order valence-corrected chi connectivity index (χ4v) is 4.14. The molecule has 168 valence electrons. The van der Waals surface area contributed by atoms with Crippen LogP contribution in [0.4, 0.5) is 11.4 Å². The Hall–Kier alpha value is -4.05. The highest BCUT2D eigenvalue weighted by molar-refractivity contribution is 6.09. The first-order valence-electron chi connectivity index (χ1n) is 11.1. The summed E-state index contributed by atoms with van der Waals surface area (Å²) in [4.78, 5) is 28.2. The van der Waals surface area contributed by atoms with Crippen LogP contribution in [0.3, 0.4) is 0 Å². The van der Waals surface area contributed by atoms with Gasteiger partial charge in [-0.05, 0) is 62.1 Å². The van der Waals surface area contributed by atoms with Gasteiger partial charge in [0, 0.05) is 25.8 Å². The minimum atomic E-state index is -0.608. The van der Waals surface area contributed by atoms with E-state index in [9.17, 15) is 14.9 Å². The number of piperidine rings is 1. The Bertz CT molecular complexity index is 1270. The molecular formula is C26H27N5O2. The van der Waals surface area contributed by atoms with Gasteiger partial charge in [0.05, 0.1) is 11.4 Å². The molecule has 1 fully saturated rings.